The van der Waals surface area contributed by atoms with Gasteiger partial charge in [-0.2, -0.15) is 0 Å². The van der Waals surface area contributed by atoms with Gasteiger partial charge in [0.1, 0.15) is 6.33 Å². The average Bonchev–Trinajstić information content (AvgIpc) is 2.93. The molecule has 6 heteroatoms. The molecule has 6 nitrogen and oxygen atoms in total. The Morgan fingerprint density at radius 3 is 3.10 bits per heavy atom. The van der Waals surface area contributed by atoms with Gasteiger partial charge in [0.25, 0.3) is 0 Å². The van der Waals surface area contributed by atoms with Crippen LogP contribution < -0.4 is 0 Å². The molecule has 0 N–H and O–H groups in total. The summed E-state index contributed by atoms with van der Waals surface area (Å²) >= 11 is 0. The van der Waals surface area contributed by atoms with Gasteiger partial charge in [-0.25, -0.2) is 14.8 Å². The third-order valence-corrected chi connectivity index (χ3v) is 3.40. The lowest BCUT2D eigenvalue weighted by molar-refractivity contribution is 0.0522. The van der Waals surface area contributed by atoms with Crippen molar-refractivity contribution in [2.45, 2.75) is 20.3 Å². The quantitative estimate of drug-likeness (QED) is 0.808. The fourth-order valence-electron chi connectivity index (χ4n) is 2.36. The van der Waals surface area contributed by atoms with Crippen LogP contribution in [-0.4, -0.2) is 40.2 Å². The average molecular weight is 287 g/mol. The second-order valence-electron chi connectivity index (χ2n) is 4.86. The summed E-state index contributed by atoms with van der Waals surface area (Å²) in [4.78, 5) is 20.7. The number of aryl methyl sites for hydroxylation is 1. The molecule has 1 aliphatic rings. The predicted octanol–water partition coefficient (Wildman–Crippen LogP) is 2.02. The van der Waals surface area contributed by atoms with Crippen LogP contribution in [0.25, 0.3) is 11.2 Å². The Morgan fingerprint density at radius 2 is 2.38 bits per heavy atom. The number of fused-ring (bicyclic) bond motifs is 1. The zero-order chi connectivity index (χ0) is 14.8. The molecule has 3 rings (SSSR count). The lowest BCUT2D eigenvalue weighted by Gasteiger charge is -2.14. The standard InChI is InChI=1S/C15H17N3O3/c1-3-21-15(19)13-14-17-12(11-5-4-6-20-8-11)7-10(2)18(14)9-16-13/h5,7,9H,3-4,6,8H2,1-2H3. The van der Waals surface area contributed by atoms with Gasteiger partial charge in [0.15, 0.2) is 11.3 Å². The van der Waals surface area contributed by atoms with Crippen LogP contribution in [0.5, 0.6) is 0 Å². The van der Waals surface area contributed by atoms with Gasteiger partial charge in [0.05, 0.1) is 25.5 Å². The third-order valence-electron chi connectivity index (χ3n) is 3.40. The molecule has 0 radical (unpaired) electrons. The molecule has 0 aliphatic carbocycles. The molecular formula is C15H17N3O3. The minimum absolute atomic E-state index is 0.249. The van der Waals surface area contributed by atoms with Crippen LogP contribution in [0.1, 0.15) is 35.2 Å². The minimum atomic E-state index is -0.446. The Hall–Kier alpha value is -2.21. The number of nitrogens with zero attached hydrogens (tertiary/aromatic N) is 3. The molecule has 0 saturated carbocycles. The monoisotopic (exact) mass is 287 g/mol. The fraction of sp³-hybridized carbons (Fsp3) is 0.400. The van der Waals surface area contributed by atoms with Gasteiger partial charge in [-0.3, -0.25) is 4.40 Å². The number of carbonyl (C=O) groups excluding carboxylic acids is 1. The molecule has 0 saturated heterocycles. The van der Waals surface area contributed by atoms with Gasteiger partial charge in [-0.1, -0.05) is 6.08 Å². The Bertz CT molecular complexity index is 718. The summed E-state index contributed by atoms with van der Waals surface area (Å²) in [6, 6.07) is 1.98. The van der Waals surface area contributed by atoms with E-state index < -0.39 is 5.97 Å². The predicted molar refractivity (Wildman–Crippen MR) is 77.1 cm³/mol. The topological polar surface area (TPSA) is 65.7 Å². The van der Waals surface area contributed by atoms with Crippen molar-refractivity contribution in [2.24, 2.45) is 0 Å². The minimum Gasteiger partial charge on any atom is -0.461 e. The molecule has 0 atom stereocenters. The van der Waals surface area contributed by atoms with Crippen molar-refractivity contribution < 1.29 is 14.3 Å². The van der Waals surface area contributed by atoms with E-state index in [4.69, 9.17) is 9.47 Å². The molecule has 1 aliphatic heterocycles. The first-order chi connectivity index (χ1) is 10.2. The first kappa shape index (κ1) is 13.8. The number of esters is 1. The molecule has 0 aromatic carbocycles. The first-order valence-corrected chi connectivity index (χ1v) is 6.99. The number of hydrogen-bond acceptors (Lipinski definition) is 5. The third kappa shape index (κ3) is 2.54. The van der Waals surface area contributed by atoms with Crippen LogP contribution in [0.3, 0.4) is 0 Å². The Balaban J connectivity index is 2.10. The molecule has 2 aromatic rings. The van der Waals surface area contributed by atoms with Crippen molar-refractivity contribution in [3.05, 3.63) is 35.6 Å². The van der Waals surface area contributed by atoms with E-state index in [0.29, 0.717) is 18.9 Å². The lowest BCUT2D eigenvalue weighted by atomic mass is 10.1. The van der Waals surface area contributed by atoms with Crippen molar-refractivity contribution in [3.63, 3.8) is 0 Å². The highest BCUT2D eigenvalue weighted by molar-refractivity contribution is 5.94. The number of aromatic nitrogens is 3. The second kappa shape index (κ2) is 5.65. The van der Waals surface area contributed by atoms with Crippen molar-refractivity contribution >= 4 is 17.2 Å². The number of imidazole rings is 1. The highest BCUT2D eigenvalue weighted by Crippen LogP contribution is 2.21. The van der Waals surface area contributed by atoms with Crippen LogP contribution in [0, 0.1) is 6.92 Å². The van der Waals surface area contributed by atoms with Gasteiger partial charge >= 0.3 is 5.97 Å². The zero-order valence-electron chi connectivity index (χ0n) is 12.1. The van der Waals surface area contributed by atoms with E-state index in [2.05, 4.69) is 16.0 Å². The maximum absolute atomic E-state index is 11.9. The summed E-state index contributed by atoms with van der Waals surface area (Å²) in [5.41, 5.74) is 3.60. The van der Waals surface area contributed by atoms with Crippen molar-refractivity contribution in [3.8, 4) is 0 Å². The van der Waals surface area contributed by atoms with Crippen molar-refractivity contribution in [1.29, 1.82) is 0 Å². The van der Waals surface area contributed by atoms with E-state index in [0.717, 1.165) is 30.0 Å². The van der Waals surface area contributed by atoms with Crippen LogP contribution in [0.4, 0.5) is 0 Å². The summed E-state index contributed by atoms with van der Waals surface area (Å²) in [6.45, 7) is 5.33. The van der Waals surface area contributed by atoms with Gasteiger partial charge in [0, 0.05) is 5.69 Å². The molecule has 0 bridgehead atoms. The summed E-state index contributed by atoms with van der Waals surface area (Å²) in [5, 5.41) is 0. The fourth-order valence-corrected chi connectivity index (χ4v) is 2.36. The van der Waals surface area contributed by atoms with Gasteiger partial charge in [0.2, 0.25) is 0 Å². The molecule has 3 heterocycles. The summed E-state index contributed by atoms with van der Waals surface area (Å²) in [7, 11) is 0. The molecule has 110 valence electrons. The number of rotatable bonds is 3. The summed E-state index contributed by atoms with van der Waals surface area (Å²) in [6.07, 6.45) is 4.60. The second-order valence-corrected chi connectivity index (χ2v) is 4.86. The maximum Gasteiger partial charge on any atom is 0.360 e. The van der Waals surface area contributed by atoms with Gasteiger partial charge < -0.3 is 9.47 Å². The first-order valence-electron chi connectivity index (χ1n) is 6.99. The van der Waals surface area contributed by atoms with Gasteiger partial charge in [-0.15, -0.1) is 0 Å². The molecule has 0 spiro atoms. The van der Waals surface area contributed by atoms with Crippen LogP contribution >= 0.6 is 0 Å². The largest absolute Gasteiger partial charge is 0.461 e. The summed E-state index contributed by atoms with van der Waals surface area (Å²) in [5.74, 6) is -0.446. The van der Waals surface area contributed by atoms with E-state index in [1.807, 2.05) is 13.0 Å². The maximum atomic E-state index is 11.9. The van der Waals surface area contributed by atoms with Crippen LogP contribution in [0.2, 0.25) is 0 Å². The summed E-state index contributed by atoms with van der Waals surface area (Å²) < 4.78 is 12.3. The van der Waals surface area contributed by atoms with E-state index in [9.17, 15) is 4.79 Å². The van der Waals surface area contributed by atoms with Crippen LogP contribution in [0.15, 0.2) is 18.5 Å². The number of carbonyl (C=O) groups is 1. The molecule has 2 aromatic heterocycles. The van der Waals surface area contributed by atoms with E-state index in [1.54, 1.807) is 17.7 Å². The Labute approximate surface area is 122 Å². The normalized spacial score (nSPS) is 15.0. The smallest absolute Gasteiger partial charge is 0.360 e. The molecule has 0 unspecified atom stereocenters. The SMILES string of the molecule is CCOC(=O)c1ncn2c(C)cc(C3=CCCOC3)nc12. The number of hydrogen-bond donors (Lipinski definition) is 0. The van der Waals surface area contributed by atoms with E-state index in [-0.39, 0.29) is 5.69 Å². The zero-order valence-corrected chi connectivity index (χ0v) is 12.1. The molecule has 21 heavy (non-hydrogen) atoms. The van der Waals surface area contributed by atoms with E-state index >= 15 is 0 Å². The van der Waals surface area contributed by atoms with Crippen molar-refractivity contribution in [2.75, 3.05) is 19.8 Å². The Morgan fingerprint density at radius 1 is 1.52 bits per heavy atom. The van der Waals surface area contributed by atoms with Gasteiger partial charge in [-0.05, 0) is 31.9 Å². The molecule has 0 amide bonds. The highest BCUT2D eigenvalue weighted by atomic mass is 16.5. The highest BCUT2D eigenvalue weighted by Gasteiger charge is 2.18. The Kier molecular flexibility index (Phi) is 3.70. The number of ether oxygens (including phenoxy) is 2. The molecule has 0 fully saturated rings. The van der Waals surface area contributed by atoms with E-state index in [1.165, 1.54) is 0 Å². The van der Waals surface area contributed by atoms with Crippen molar-refractivity contribution in [1.82, 2.24) is 14.4 Å². The lowest BCUT2D eigenvalue weighted by Crippen LogP contribution is -2.10. The van der Waals surface area contributed by atoms with Crippen LogP contribution in [-0.2, 0) is 9.47 Å². The molecular weight excluding hydrogens is 270 g/mol.